The van der Waals surface area contributed by atoms with Crippen LogP contribution in [0.2, 0.25) is 5.02 Å². The Bertz CT molecular complexity index is 852. The van der Waals surface area contributed by atoms with Crippen molar-refractivity contribution in [2.45, 2.75) is 38.2 Å². The number of ketones is 1. The molecule has 2 aromatic rings. The number of carbonyl (C=O) groups is 2. The van der Waals surface area contributed by atoms with Crippen LogP contribution in [0.5, 0.6) is 0 Å². The molecule has 0 aromatic heterocycles. The van der Waals surface area contributed by atoms with Crippen molar-refractivity contribution in [1.82, 2.24) is 0 Å². The molecule has 0 saturated carbocycles. The van der Waals surface area contributed by atoms with Crippen molar-refractivity contribution in [3.8, 4) is 0 Å². The second-order valence-electron chi connectivity index (χ2n) is 7.43. The van der Waals surface area contributed by atoms with E-state index in [9.17, 15) is 14.7 Å². The fourth-order valence-corrected chi connectivity index (χ4v) is 3.15. The van der Waals surface area contributed by atoms with Gasteiger partial charge < -0.3 is 10.4 Å². The third kappa shape index (κ3) is 3.20. The van der Waals surface area contributed by atoms with Gasteiger partial charge in [-0.15, -0.1) is 0 Å². The van der Waals surface area contributed by atoms with Gasteiger partial charge in [-0.1, -0.05) is 56.6 Å². The minimum Gasteiger partial charge on any atom is -0.375 e. The summed E-state index contributed by atoms with van der Waals surface area (Å²) in [6, 6.07) is 12.0. The summed E-state index contributed by atoms with van der Waals surface area (Å²) in [4.78, 5) is 24.9. The first kappa shape index (κ1) is 17.6. The van der Waals surface area contributed by atoms with Crippen LogP contribution in [-0.2, 0) is 15.8 Å². The monoisotopic (exact) mass is 357 g/mol. The lowest BCUT2D eigenvalue weighted by atomic mass is 9.85. The predicted octanol–water partition coefficient (Wildman–Crippen LogP) is 4.05. The molecule has 0 fully saturated rings. The summed E-state index contributed by atoms with van der Waals surface area (Å²) in [7, 11) is 0. The number of hydrogen-bond donors (Lipinski definition) is 2. The molecule has 0 saturated heterocycles. The maximum absolute atomic E-state index is 12.6. The number of halogens is 1. The van der Waals surface area contributed by atoms with Crippen molar-refractivity contribution in [3.05, 3.63) is 64.2 Å². The molecule has 4 nitrogen and oxygen atoms in total. The standard InChI is InChI=1S/C20H20ClNO3/c1-19(2,3)13-6-4-12(5-7-13)17(23)11-20(25)15-10-14(21)8-9-16(15)22-18(20)24/h4-10,25H,11H2,1-3H3,(H,22,24). The Labute approximate surface area is 151 Å². The van der Waals surface area contributed by atoms with Crippen LogP contribution in [0.3, 0.4) is 0 Å². The topological polar surface area (TPSA) is 66.4 Å². The summed E-state index contributed by atoms with van der Waals surface area (Å²) in [5, 5.41) is 13.9. The van der Waals surface area contributed by atoms with E-state index in [-0.39, 0.29) is 17.6 Å². The van der Waals surface area contributed by atoms with Crippen molar-refractivity contribution < 1.29 is 14.7 Å². The maximum atomic E-state index is 12.6. The molecule has 0 bridgehead atoms. The van der Waals surface area contributed by atoms with Gasteiger partial charge in [0.25, 0.3) is 5.91 Å². The molecule has 1 aliphatic rings. The number of hydrogen-bond acceptors (Lipinski definition) is 3. The summed E-state index contributed by atoms with van der Waals surface area (Å²) in [6.07, 6.45) is -0.332. The fourth-order valence-electron chi connectivity index (χ4n) is 2.98. The predicted molar refractivity (Wildman–Crippen MR) is 98.1 cm³/mol. The molecular weight excluding hydrogens is 338 g/mol. The van der Waals surface area contributed by atoms with E-state index in [4.69, 9.17) is 11.6 Å². The van der Waals surface area contributed by atoms with Gasteiger partial charge in [0.2, 0.25) is 0 Å². The highest BCUT2D eigenvalue weighted by Gasteiger charge is 2.46. The Balaban J connectivity index is 1.88. The Morgan fingerprint density at radius 2 is 1.80 bits per heavy atom. The van der Waals surface area contributed by atoms with Crippen LogP contribution in [0.15, 0.2) is 42.5 Å². The smallest absolute Gasteiger partial charge is 0.261 e. The molecule has 1 heterocycles. The number of carbonyl (C=O) groups excluding carboxylic acids is 2. The number of amides is 1. The third-order valence-electron chi connectivity index (χ3n) is 4.54. The second-order valence-corrected chi connectivity index (χ2v) is 7.87. The number of benzene rings is 2. The van der Waals surface area contributed by atoms with Crippen LogP contribution >= 0.6 is 11.6 Å². The highest BCUT2D eigenvalue weighted by molar-refractivity contribution is 6.31. The molecule has 2 aromatic carbocycles. The minimum atomic E-state index is -1.90. The van der Waals surface area contributed by atoms with E-state index < -0.39 is 11.5 Å². The van der Waals surface area contributed by atoms with E-state index >= 15 is 0 Å². The third-order valence-corrected chi connectivity index (χ3v) is 4.78. The van der Waals surface area contributed by atoms with Crippen LogP contribution in [0, 0.1) is 0 Å². The number of nitrogens with one attached hydrogen (secondary N) is 1. The molecule has 0 aliphatic carbocycles. The van der Waals surface area contributed by atoms with Gasteiger partial charge in [0.15, 0.2) is 11.4 Å². The van der Waals surface area contributed by atoms with E-state index in [0.717, 1.165) is 5.56 Å². The first-order chi connectivity index (χ1) is 11.6. The highest BCUT2D eigenvalue weighted by atomic mass is 35.5. The molecule has 1 atom stereocenters. The lowest BCUT2D eigenvalue weighted by molar-refractivity contribution is -0.133. The average Bonchev–Trinajstić information content (AvgIpc) is 2.78. The molecule has 2 N–H and O–H groups in total. The summed E-state index contributed by atoms with van der Waals surface area (Å²) >= 11 is 5.98. The quantitative estimate of drug-likeness (QED) is 0.814. The van der Waals surface area contributed by atoms with Gasteiger partial charge in [-0.3, -0.25) is 9.59 Å². The van der Waals surface area contributed by atoms with E-state index in [1.54, 1.807) is 24.3 Å². The molecule has 5 heteroatoms. The lowest BCUT2D eigenvalue weighted by Crippen LogP contribution is -2.36. The normalized spacial score (nSPS) is 19.5. The Morgan fingerprint density at radius 1 is 1.16 bits per heavy atom. The fraction of sp³-hybridized carbons (Fsp3) is 0.300. The van der Waals surface area contributed by atoms with Gasteiger partial charge in [-0.05, 0) is 29.2 Å². The zero-order chi connectivity index (χ0) is 18.4. The Kier molecular flexibility index (Phi) is 4.21. The van der Waals surface area contributed by atoms with Crippen LogP contribution in [0.1, 0.15) is 48.7 Å². The average molecular weight is 358 g/mol. The summed E-state index contributed by atoms with van der Waals surface area (Å²) in [6.45, 7) is 6.28. The minimum absolute atomic E-state index is 0.0131. The van der Waals surface area contributed by atoms with Gasteiger partial charge in [-0.2, -0.15) is 0 Å². The molecule has 3 rings (SSSR count). The molecule has 1 unspecified atom stereocenters. The van der Waals surface area contributed by atoms with E-state index in [0.29, 0.717) is 21.8 Å². The van der Waals surface area contributed by atoms with Crippen LogP contribution in [0.4, 0.5) is 5.69 Å². The van der Waals surface area contributed by atoms with E-state index in [1.165, 1.54) is 6.07 Å². The molecule has 130 valence electrons. The van der Waals surface area contributed by atoms with Gasteiger partial charge in [0.1, 0.15) is 0 Å². The number of Topliss-reactive ketones (excluding diaryl/α,β-unsaturated/α-hetero) is 1. The highest BCUT2D eigenvalue weighted by Crippen LogP contribution is 2.40. The zero-order valence-corrected chi connectivity index (χ0v) is 15.1. The van der Waals surface area contributed by atoms with Gasteiger partial charge in [0.05, 0.1) is 6.42 Å². The van der Waals surface area contributed by atoms with Crippen molar-refractivity contribution in [2.24, 2.45) is 0 Å². The molecular formula is C20H20ClNO3. The van der Waals surface area contributed by atoms with Crippen molar-refractivity contribution in [2.75, 3.05) is 5.32 Å². The number of anilines is 1. The lowest BCUT2D eigenvalue weighted by Gasteiger charge is -2.21. The van der Waals surface area contributed by atoms with Crippen molar-refractivity contribution in [3.63, 3.8) is 0 Å². The van der Waals surface area contributed by atoms with Gasteiger partial charge in [0, 0.05) is 21.8 Å². The number of rotatable bonds is 3. The van der Waals surface area contributed by atoms with Crippen molar-refractivity contribution >= 4 is 29.0 Å². The number of aliphatic hydroxyl groups is 1. The summed E-state index contributed by atoms with van der Waals surface area (Å²) in [5.41, 5.74) is 0.474. The van der Waals surface area contributed by atoms with E-state index in [2.05, 4.69) is 26.1 Å². The summed E-state index contributed by atoms with van der Waals surface area (Å²) in [5.74, 6) is -0.907. The zero-order valence-electron chi connectivity index (χ0n) is 14.4. The molecule has 0 radical (unpaired) electrons. The van der Waals surface area contributed by atoms with Crippen LogP contribution < -0.4 is 5.32 Å². The van der Waals surface area contributed by atoms with Gasteiger partial charge >= 0.3 is 0 Å². The van der Waals surface area contributed by atoms with Gasteiger partial charge in [-0.25, -0.2) is 0 Å². The first-order valence-corrected chi connectivity index (χ1v) is 8.47. The number of fused-ring (bicyclic) bond motifs is 1. The Hall–Kier alpha value is -2.17. The molecule has 25 heavy (non-hydrogen) atoms. The molecule has 1 amide bonds. The van der Waals surface area contributed by atoms with Crippen molar-refractivity contribution in [1.29, 1.82) is 0 Å². The second kappa shape index (κ2) is 5.97. The van der Waals surface area contributed by atoms with Crippen LogP contribution in [0.25, 0.3) is 0 Å². The van der Waals surface area contributed by atoms with Crippen LogP contribution in [-0.4, -0.2) is 16.8 Å². The largest absolute Gasteiger partial charge is 0.375 e. The summed E-state index contributed by atoms with van der Waals surface area (Å²) < 4.78 is 0. The molecule has 0 spiro atoms. The SMILES string of the molecule is CC(C)(C)c1ccc(C(=O)CC2(O)C(=O)Nc3ccc(Cl)cc32)cc1. The van der Waals surface area contributed by atoms with E-state index in [1.807, 2.05) is 12.1 Å². The Morgan fingerprint density at radius 3 is 2.40 bits per heavy atom. The first-order valence-electron chi connectivity index (χ1n) is 8.09. The molecule has 1 aliphatic heterocycles. The maximum Gasteiger partial charge on any atom is 0.261 e.